The van der Waals surface area contributed by atoms with E-state index in [-0.39, 0.29) is 11.8 Å². The Kier molecular flexibility index (Phi) is 4.16. The van der Waals surface area contributed by atoms with Crippen molar-refractivity contribution in [2.24, 2.45) is 0 Å². The van der Waals surface area contributed by atoms with E-state index in [0.717, 1.165) is 28.9 Å². The first-order valence-corrected chi connectivity index (χ1v) is 8.77. The first kappa shape index (κ1) is 16.3. The van der Waals surface area contributed by atoms with Crippen molar-refractivity contribution in [2.45, 2.75) is 32.2 Å². The van der Waals surface area contributed by atoms with Gasteiger partial charge in [-0.1, -0.05) is 36.4 Å². The number of nitrogens with zero attached hydrogens (tertiary/aromatic N) is 2. The van der Waals surface area contributed by atoms with E-state index in [1.165, 1.54) is 0 Å². The van der Waals surface area contributed by atoms with Gasteiger partial charge in [0.2, 0.25) is 11.8 Å². The molecule has 1 saturated heterocycles. The zero-order valence-corrected chi connectivity index (χ0v) is 14.5. The fraction of sp³-hybridized carbons (Fsp3) is 0.250. The second-order valence-corrected chi connectivity index (χ2v) is 6.56. The molecule has 132 valence electrons. The summed E-state index contributed by atoms with van der Waals surface area (Å²) in [6.45, 7) is 1.99. The minimum atomic E-state index is -0.504. The van der Waals surface area contributed by atoms with Crippen LogP contribution < -0.4 is 10.6 Å². The number of carbonyl (C=O) groups is 2. The number of hydrogen-bond donors (Lipinski definition) is 2. The molecule has 0 aliphatic carbocycles. The van der Waals surface area contributed by atoms with Crippen molar-refractivity contribution in [3.8, 4) is 11.3 Å². The average Bonchev–Trinajstić information content (AvgIpc) is 3.02. The minimum absolute atomic E-state index is 0.0753. The first-order chi connectivity index (χ1) is 12.6. The highest BCUT2D eigenvalue weighted by Crippen LogP contribution is 2.30. The van der Waals surface area contributed by atoms with Crippen LogP contribution >= 0.6 is 0 Å². The molecule has 2 aromatic heterocycles. The molecular formula is C20H20N4O2. The number of rotatable bonds is 3. The number of anilines is 1. The fourth-order valence-electron chi connectivity index (χ4n) is 3.33. The molecular weight excluding hydrogens is 328 g/mol. The largest absolute Gasteiger partial charge is 0.344 e. The van der Waals surface area contributed by atoms with Crippen LogP contribution in [-0.4, -0.2) is 27.2 Å². The fourth-order valence-corrected chi connectivity index (χ4v) is 3.33. The summed E-state index contributed by atoms with van der Waals surface area (Å²) in [4.78, 5) is 29.1. The van der Waals surface area contributed by atoms with Crippen LogP contribution in [0.4, 0.5) is 5.82 Å². The Morgan fingerprint density at radius 2 is 2.04 bits per heavy atom. The number of nitrogens with one attached hydrogen (secondary N) is 2. The summed E-state index contributed by atoms with van der Waals surface area (Å²) < 4.78 is 1.89. The molecule has 4 rings (SSSR count). The number of amides is 2. The number of carbonyl (C=O) groups excluding carboxylic acids is 2. The van der Waals surface area contributed by atoms with E-state index in [1.807, 2.05) is 60.0 Å². The van der Waals surface area contributed by atoms with Gasteiger partial charge < -0.3 is 10.6 Å². The van der Waals surface area contributed by atoms with Gasteiger partial charge in [0.15, 0.2) is 0 Å². The van der Waals surface area contributed by atoms with Gasteiger partial charge in [0.05, 0.1) is 0 Å². The number of piperidine rings is 1. The summed E-state index contributed by atoms with van der Waals surface area (Å²) >= 11 is 0. The molecule has 2 amide bonds. The number of aryl methyl sites for hydroxylation is 1. The highest BCUT2D eigenvalue weighted by atomic mass is 16.2. The van der Waals surface area contributed by atoms with Crippen molar-refractivity contribution in [1.29, 1.82) is 0 Å². The molecule has 2 N–H and O–H groups in total. The van der Waals surface area contributed by atoms with Gasteiger partial charge in [0.25, 0.3) is 0 Å². The predicted octanol–water partition coefficient (Wildman–Crippen LogP) is 2.92. The topological polar surface area (TPSA) is 75.5 Å². The Labute approximate surface area is 151 Å². The smallest absolute Gasteiger partial charge is 0.248 e. The molecule has 6 nitrogen and oxygen atoms in total. The number of pyridine rings is 1. The monoisotopic (exact) mass is 348 g/mol. The molecule has 3 aromatic rings. The summed E-state index contributed by atoms with van der Waals surface area (Å²) in [5.74, 6) is 0.340. The van der Waals surface area contributed by atoms with Crippen molar-refractivity contribution < 1.29 is 9.59 Å². The molecule has 26 heavy (non-hydrogen) atoms. The molecule has 0 saturated carbocycles. The van der Waals surface area contributed by atoms with Crippen molar-refractivity contribution >= 4 is 23.3 Å². The molecule has 3 heterocycles. The lowest BCUT2D eigenvalue weighted by atomic mass is 10.0. The van der Waals surface area contributed by atoms with Gasteiger partial charge in [-0.05, 0) is 31.4 Å². The third-order valence-corrected chi connectivity index (χ3v) is 4.68. The lowest BCUT2D eigenvalue weighted by molar-refractivity contribution is -0.128. The van der Waals surface area contributed by atoms with Gasteiger partial charge in [-0.2, -0.15) is 0 Å². The molecule has 1 aliphatic heterocycles. The van der Waals surface area contributed by atoms with Crippen LogP contribution in [0.3, 0.4) is 0 Å². The van der Waals surface area contributed by atoms with Gasteiger partial charge in [0.1, 0.15) is 23.2 Å². The summed E-state index contributed by atoms with van der Waals surface area (Å²) in [6, 6.07) is 13.2. The predicted molar refractivity (Wildman–Crippen MR) is 99.8 cm³/mol. The Balaban J connectivity index is 1.76. The van der Waals surface area contributed by atoms with Crippen LogP contribution in [0.1, 0.15) is 24.8 Å². The standard InChI is InChI=1S/C20H20N4O2/c1-13-7-6-12-24-18(13)22-17(14-8-3-2-4-9-14)19(24)23-20(26)15-10-5-11-16(25)21-15/h2-4,6-9,12,15H,5,10-11H2,1H3,(H,21,25)(H,23,26). The quantitative estimate of drug-likeness (QED) is 0.764. The Bertz CT molecular complexity index is 978. The van der Waals surface area contributed by atoms with Gasteiger partial charge >= 0.3 is 0 Å². The zero-order chi connectivity index (χ0) is 18.1. The van der Waals surface area contributed by atoms with Gasteiger partial charge in [-0.25, -0.2) is 4.98 Å². The first-order valence-electron chi connectivity index (χ1n) is 8.77. The van der Waals surface area contributed by atoms with Crippen molar-refractivity contribution in [1.82, 2.24) is 14.7 Å². The van der Waals surface area contributed by atoms with E-state index in [1.54, 1.807) is 0 Å². The highest BCUT2D eigenvalue weighted by Gasteiger charge is 2.26. The molecule has 1 fully saturated rings. The average molecular weight is 348 g/mol. The Morgan fingerprint density at radius 3 is 2.81 bits per heavy atom. The van der Waals surface area contributed by atoms with Crippen LogP contribution in [0.2, 0.25) is 0 Å². The molecule has 0 radical (unpaired) electrons. The van der Waals surface area contributed by atoms with Crippen molar-refractivity contribution in [3.05, 3.63) is 54.2 Å². The van der Waals surface area contributed by atoms with Gasteiger partial charge in [0, 0.05) is 18.2 Å². The van der Waals surface area contributed by atoms with E-state index in [4.69, 9.17) is 4.98 Å². The summed E-state index contributed by atoms with van der Waals surface area (Å²) in [7, 11) is 0. The van der Waals surface area contributed by atoms with Gasteiger partial charge in [-0.15, -0.1) is 0 Å². The second kappa shape index (κ2) is 6.63. The van der Waals surface area contributed by atoms with Crippen LogP contribution in [0.5, 0.6) is 0 Å². The summed E-state index contributed by atoms with van der Waals surface area (Å²) in [5, 5.41) is 5.76. The van der Waals surface area contributed by atoms with E-state index in [0.29, 0.717) is 18.7 Å². The van der Waals surface area contributed by atoms with Crippen molar-refractivity contribution in [3.63, 3.8) is 0 Å². The SMILES string of the molecule is Cc1cccn2c(NC(=O)C3CCCC(=O)N3)c(-c3ccccc3)nc12. The van der Waals surface area contributed by atoms with Gasteiger partial charge in [-0.3, -0.25) is 14.0 Å². The second-order valence-electron chi connectivity index (χ2n) is 6.56. The van der Waals surface area contributed by atoms with E-state index in [9.17, 15) is 9.59 Å². The maximum Gasteiger partial charge on any atom is 0.248 e. The Morgan fingerprint density at radius 1 is 1.23 bits per heavy atom. The maximum atomic E-state index is 12.8. The number of hydrogen-bond acceptors (Lipinski definition) is 3. The maximum absolute atomic E-state index is 12.8. The molecule has 1 aliphatic rings. The third-order valence-electron chi connectivity index (χ3n) is 4.68. The van der Waals surface area contributed by atoms with E-state index >= 15 is 0 Å². The van der Waals surface area contributed by atoms with Crippen molar-refractivity contribution in [2.75, 3.05) is 5.32 Å². The van der Waals surface area contributed by atoms with Crippen LogP contribution in [-0.2, 0) is 9.59 Å². The summed E-state index contributed by atoms with van der Waals surface area (Å²) in [6.07, 6.45) is 3.74. The zero-order valence-electron chi connectivity index (χ0n) is 14.5. The molecule has 6 heteroatoms. The van der Waals surface area contributed by atoms with Crippen LogP contribution in [0, 0.1) is 6.92 Å². The molecule has 1 aromatic carbocycles. The number of aromatic nitrogens is 2. The molecule has 1 atom stereocenters. The molecule has 0 spiro atoms. The summed E-state index contributed by atoms with van der Waals surface area (Å²) in [5.41, 5.74) is 3.47. The van der Waals surface area contributed by atoms with Crippen LogP contribution in [0.15, 0.2) is 48.7 Å². The lowest BCUT2D eigenvalue weighted by Gasteiger charge is -2.22. The number of fused-ring (bicyclic) bond motifs is 1. The molecule has 0 bridgehead atoms. The number of imidazole rings is 1. The minimum Gasteiger partial charge on any atom is -0.344 e. The molecule has 1 unspecified atom stereocenters. The normalized spacial score (nSPS) is 17.1. The van der Waals surface area contributed by atoms with Crippen LogP contribution in [0.25, 0.3) is 16.9 Å². The lowest BCUT2D eigenvalue weighted by Crippen LogP contribution is -2.46. The van der Waals surface area contributed by atoms with E-state index in [2.05, 4.69) is 10.6 Å². The van der Waals surface area contributed by atoms with E-state index < -0.39 is 6.04 Å². The highest BCUT2D eigenvalue weighted by molar-refractivity contribution is 6.00. The Hall–Kier alpha value is -3.15. The number of benzene rings is 1. The third kappa shape index (κ3) is 2.94.